The van der Waals surface area contributed by atoms with Gasteiger partial charge in [0.1, 0.15) is 5.82 Å². The third kappa shape index (κ3) is 3.08. The minimum absolute atomic E-state index is 0.0174. The van der Waals surface area contributed by atoms with E-state index in [1.807, 2.05) is 49.4 Å². The van der Waals surface area contributed by atoms with Crippen LogP contribution in [0.3, 0.4) is 0 Å². The van der Waals surface area contributed by atoms with Gasteiger partial charge < -0.3 is 10.2 Å². The lowest BCUT2D eigenvalue weighted by atomic mass is 9.93. The number of likely N-dealkylation sites (tertiary alicyclic amines) is 1. The SMILES string of the molecule is Cc1ccnc(NC(=O)[C@@H]2CC(=O)N(C)[C@@H]2c2ccccc2)c1. The number of hydrogen-bond donors (Lipinski definition) is 1. The van der Waals surface area contributed by atoms with Gasteiger partial charge in [0.25, 0.3) is 0 Å². The van der Waals surface area contributed by atoms with Gasteiger partial charge in [0.05, 0.1) is 12.0 Å². The van der Waals surface area contributed by atoms with Gasteiger partial charge in [-0.3, -0.25) is 9.59 Å². The normalized spacial score (nSPS) is 20.6. The summed E-state index contributed by atoms with van der Waals surface area (Å²) in [5.41, 5.74) is 1.99. The van der Waals surface area contributed by atoms with Crippen LogP contribution in [-0.4, -0.2) is 28.7 Å². The quantitative estimate of drug-likeness (QED) is 0.948. The van der Waals surface area contributed by atoms with Gasteiger partial charge in [-0.15, -0.1) is 0 Å². The van der Waals surface area contributed by atoms with Gasteiger partial charge >= 0.3 is 0 Å². The number of hydrogen-bond acceptors (Lipinski definition) is 3. The van der Waals surface area contributed by atoms with E-state index in [2.05, 4.69) is 10.3 Å². The van der Waals surface area contributed by atoms with Crippen molar-refractivity contribution in [1.82, 2.24) is 9.88 Å². The minimum Gasteiger partial charge on any atom is -0.338 e. The monoisotopic (exact) mass is 309 g/mol. The first-order valence-electron chi connectivity index (χ1n) is 7.60. The van der Waals surface area contributed by atoms with Gasteiger partial charge in [-0.05, 0) is 30.2 Å². The minimum atomic E-state index is -0.419. The van der Waals surface area contributed by atoms with Crippen molar-refractivity contribution in [1.29, 1.82) is 0 Å². The lowest BCUT2D eigenvalue weighted by Crippen LogP contribution is -2.30. The number of aryl methyl sites for hydroxylation is 1. The van der Waals surface area contributed by atoms with Crippen LogP contribution in [0.2, 0.25) is 0 Å². The van der Waals surface area contributed by atoms with Crippen molar-refractivity contribution < 1.29 is 9.59 Å². The highest BCUT2D eigenvalue weighted by atomic mass is 16.2. The van der Waals surface area contributed by atoms with Gasteiger partial charge in [0.2, 0.25) is 11.8 Å². The summed E-state index contributed by atoms with van der Waals surface area (Å²) in [6, 6.07) is 13.1. The van der Waals surface area contributed by atoms with Crippen LogP contribution < -0.4 is 5.32 Å². The van der Waals surface area contributed by atoms with Crippen molar-refractivity contribution in [3.63, 3.8) is 0 Å². The molecule has 1 aliphatic heterocycles. The molecular weight excluding hydrogens is 290 g/mol. The van der Waals surface area contributed by atoms with Crippen molar-refractivity contribution in [3.8, 4) is 0 Å². The molecule has 1 aromatic heterocycles. The molecule has 0 spiro atoms. The molecular formula is C18H19N3O2. The molecule has 0 aliphatic carbocycles. The summed E-state index contributed by atoms with van der Waals surface area (Å²) in [5.74, 6) is -0.0908. The molecule has 2 heterocycles. The Balaban J connectivity index is 1.84. The second-order valence-electron chi connectivity index (χ2n) is 5.88. The highest BCUT2D eigenvalue weighted by Gasteiger charge is 2.42. The smallest absolute Gasteiger partial charge is 0.231 e. The molecule has 23 heavy (non-hydrogen) atoms. The highest BCUT2D eigenvalue weighted by Crippen LogP contribution is 2.37. The summed E-state index contributed by atoms with van der Waals surface area (Å²) in [4.78, 5) is 30.6. The Bertz CT molecular complexity index is 730. The maximum Gasteiger partial charge on any atom is 0.231 e. The molecule has 118 valence electrons. The zero-order chi connectivity index (χ0) is 16.4. The fourth-order valence-electron chi connectivity index (χ4n) is 3.03. The van der Waals surface area contributed by atoms with Crippen molar-refractivity contribution in [2.24, 2.45) is 5.92 Å². The predicted octanol–water partition coefficient (Wildman–Crippen LogP) is 2.55. The standard InChI is InChI=1S/C18H19N3O2/c1-12-8-9-19-15(10-12)20-18(23)14-11-16(22)21(2)17(14)13-6-4-3-5-7-13/h3-10,14,17H,11H2,1-2H3,(H,19,20,23)/t14-,17-/m1/s1. The van der Waals surface area contributed by atoms with Crippen molar-refractivity contribution in [2.75, 3.05) is 12.4 Å². The van der Waals surface area contributed by atoms with Crippen LogP contribution >= 0.6 is 0 Å². The zero-order valence-corrected chi connectivity index (χ0v) is 13.2. The Morgan fingerprint density at radius 2 is 2.00 bits per heavy atom. The van der Waals surface area contributed by atoms with E-state index in [-0.39, 0.29) is 24.3 Å². The van der Waals surface area contributed by atoms with Crippen molar-refractivity contribution in [2.45, 2.75) is 19.4 Å². The Hall–Kier alpha value is -2.69. The summed E-state index contributed by atoms with van der Waals surface area (Å²) < 4.78 is 0. The van der Waals surface area contributed by atoms with Crippen molar-refractivity contribution in [3.05, 3.63) is 59.8 Å². The summed E-state index contributed by atoms with van der Waals surface area (Å²) in [5, 5.41) is 2.84. The maximum atomic E-state index is 12.7. The molecule has 2 amide bonds. The number of carbonyl (C=O) groups is 2. The molecule has 3 rings (SSSR count). The van der Waals surface area contributed by atoms with Crippen LogP contribution in [0.15, 0.2) is 48.7 Å². The van der Waals surface area contributed by atoms with E-state index in [0.717, 1.165) is 11.1 Å². The van der Waals surface area contributed by atoms with Crippen LogP contribution in [0.5, 0.6) is 0 Å². The van der Waals surface area contributed by atoms with E-state index in [9.17, 15) is 9.59 Å². The second kappa shape index (κ2) is 6.20. The number of anilines is 1. The van der Waals surface area contributed by atoms with Gasteiger partial charge in [-0.1, -0.05) is 30.3 Å². The summed E-state index contributed by atoms with van der Waals surface area (Å²) in [6.07, 6.45) is 1.87. The fraction of sp³-hybridized carbons (Fsp3) is 0.278. The van der Waals surface area contributed by atoms with E-state index < -0.39 is 5.92 Å². The average Bonchev–Trinajstić information content (AvgIpc) is 2.84. The Kier molecular flexibility index (Phi) is 4.10. The van der Waals surface area contributed by atoms with Crippen LogP contribution in [0.25, 0.3) is 0 Å². The molecule has 1 aromatic carbocycles. The molecule has 2 atom stereocenters. The summed E-state index contributed by atoms with van der Waals surface area (Å²) in [6.45, 7) is 1.94. The number of nitrogens with zero attached hydrogens (tertiary/aromatic N) is 2. The molecule has 1 fully saturated rings. The predicted molar refractivity (Wildman–Crippen MR) is 87.7 cm³/mol. The Labute approximate surface area is 135 Å². The number of benzene rings is 1. The third-order valence-electron chi connectivity index (χ3n) is 4.23. The summed E-state index contributed by atoms with van der Waals surface area (Å²) >= 11 is 0. The highest BCUT2D eigenvalue weighted by molar-refractivity contribution is 5.97. The molecule has 1 saturated heterocycles. The van der Waals surface area contributed by atoms with Crippen LogP contribution in [0.4, 0.5) is 5.82 Å². The molecule has 0 saturated carbocycles. The molecule has 5 heteroatoms. The third-order valence-corrected chi connectivity index (χ3v) is 4.23. The lowest BCUT2D eigenvalue weighted by molar-refractivity contribution is -0.127. The molecule has 0 bridgehead atoms. The van der Waals surface area contributed by atoms with Crippen LogP contribution in [-0.2, 0) is 9.59 Å². The van der Waals surface area contributed by atoms with Gasteiger partial charge in [0, 0.05) is 19.7 Å². The largest absolute Gasteiger partial charge is 0.338 e. The number of pyridine rings is 1. The van der Waals surface area contributed by atoms with Crippen LogP contribution in [0.1, 0.15) is 23.6 Å². The van der Waals surface area contributed by atoms with E-state index in [1.54, 1.807) is 18.1 Å². The van der Waals surface area contributed by atoms with Gasteiger partial charge in [0.15, 0.2) is 0 Å². The molecule has 1 N–H and O–H groups in total. The average molecular weight is 309 g/mol. The fourth-order valence-corrected chi connectivity index (χ4v) is 3.03. The number of rotatable bonds is 3. The topological polar surface area (TPSA) is 62.3 Å². The second-order valence-corrected chi connectivity index (χ2v) is 5.88. The zero-order valence-electron chi connectivity index (χ0n) is 13.2. The van der Waals surface area contributed by atoms with Gasteiger partial charge in [-0.2, -0.15) is 0 Å². The lowest BCUT2D eigenvalue weighted by Gasteiger charge is -2.24. The maximum absolute atomic E-state index is 12.7. The molecule has 1 aliphatic rings. The molecule has 5 nitrogen and oxygen atoms in total. The number of amides is 2. The first-order valence-corrected chi connectivity index (χ1v) is 7.60. The Morgan fingerprint density at radius 1 is 1.26 bits per heavy atom. The van der Waals surface area contributed by atoms with E-state index in [0.29, 0.717) is 5.82 Å². The van der Waals surface area contributed by atoms with Crippen molar-refractivity contribution >= 4 is 17.6 Å². The van der Waals surface area contributed by atoms with Gasteiger partial charge in [-0.25, -0.2) is 4.98 Å². The number of carbonyl (C=O) groups excluding carboxylic acids is 2. The van der Waals surface area contributed by atoms with E-state index in [1.165, 1.54) is 0 Å². The van der Waals surface area contributed by atoms with Crippen LogP contribution in [0, 0.1) is 12.8 Å². The molecule has 0 unspecified atom stereocenters. The first-order chi connectivity index (χ1) is 11.1. The number of nitrogens with one attached hydrogen (secondary N) is 1. The first kappa shape index (κ1) is 15.2. The van der Waals surface area contributed by atoms with E-state index in [4.69, 9.17) is 0 Å². The summed E-state index contributed by atoms with van der Waals surface area (Å²) in [7, 11) is 1.75. The molecule has 2 aromatic rings. The molecule has 0 radical (unpaired) electrons. The number of aromatic nitrogens is 1. The van der Waals surface area contributed by atoms with E-state index >= 15 is 0 Å². The Morgan fingerprint density at radius 3 is 2.70 bits per heavy atom.